The molecule has 4 heteroatoms. The van der Waals surface area contributed by atoms with Crippen LogP contribution in [0.3, 0.4) is 0 Å². The number of carbonyl (C=O) groups excluding carboxylic acids is 1. The Morgan fingerprint density at radius 1 is 1.15 bits per heavy atom. The second kappa shape index (κ2) is 5.74. The largest absolute Gasteiger partial charge is 0.508 e. The molecule has 0 saturated heterocycles. The minimum absolute atomic E-state index is 0.152. The first-order valence-corrected chi connectivity index (χ1v) is 6.31. The molecule has 1 atom stereocenters. The van der Waals surface area contributed by atoms with E-state index in [1.54, 1.807) is 25.2 Å². The first-order chi connectivity index (χ1) is 9.50. The van der Waals surface area contributed by atoms with Gasteiger partial charge in [0, 0.05) is 18.2 Å². The van der Waals surface area contributed by atoms with Crippen LogP contribution in [0.2, 0.25) is 0 Å². The van der Waals surface area contributed by atoms with Crippen molar-refractivity contribution in [3.8, 4) is 5.75 Å². The highest BCUT2D eigenvalue weighted by Gasteiger charge is 2.20. The summed E-state index contributed by atoms with van der Waals surface area (Å²) in [6.07, 6.45) is 0. The Bertz CT molecular complexity index is 610. The molecule has 0 aliphatic rings. The zero-order valence-electron chi connectivity index (χ0n) is 11.4. The van der Waals surface area contributed by atoms with Gasteiger partial charge in [0.1, 0.15) is 11.6 Å². The van der Waals surface area contributed by atoms with Crippen LogP contribution in [0.1, 0.15) is 28.9 Å². The number of aromatic hydroxyl groups is 1. The van der Waals surface area contributed by atoms with E-state index in [-0.39, 0.29) is 23.5 Å². The van der Waals surface area contributed by atoms with Crippen LogP contribution in [0.25, 0.3) is 0 Å². The molecule has 0 heterocycles. The summed E-state index contributed by atoms with van der Waals surface area (Å²) in [6, 6.07) is 12.0. The highest BCUT2D eigenvalue weighted by molar-refractivity contribution is 5.94. The van der Waals surface area contributed by atoms with Crippen LogP contribution >= 0.6 is 0 Å². The number of rotatable bonds is 3. The topological polar surface area (TPSA) is 40.5 Å². The lowest BCUT2D eigenvalue weighted by Crippen LogP contribution is -2.29. The van der Waals surface area contributed by atoms with E-state index < -0.39 is 0 Å². The van der Waals surface area contributed by atoms with Gasteiger partial charge in [0.05, 0.1) is 6.04 Å². The van der Waals surface area contributed by atoms with Crippen LogP contribution in [-0.4, -0.2) is 23.0 Å². The number of nitrogens with zero attached hydrogens (tertiary/aromatic N) is 1. The number of hydrogen-bond acceptors (Lipinski definition) is 2. The van der Waals surface area contributed by atoms with Crippen molar-refractivity contribution >= 4 is 5.91 Å². The SMILES string of the molecule is CC(c1ccccc1O)N(C)C(=O)c1ccc(F)cc1. The molecule has 0 fully saturated rings. The maximum Gasteiger partial charge on any atom is 0.254 e. The second-order valence-electron chi connectivity index (χ2n) is 4.66. The molecule has 2 aromatic rings. The van der Waals surface area contributed by atoms with Crippen molar-refractivity contribution in [3.63, 3.8) is 0 Å². The maximum absolute atomic E-state index is 12.9. The van der Waals surface area contributed by atoms with Crippen LogP contribution in [0, 0.1) is 5.82 Å². The molecule has 2 aromatic carbocycles. The summed E-state index contributed by atoms with van der Waals surface area (Å²) in [7, 11) is 1.66. The van der Waals surface area contributed by atoms with E-state index in [0.29, 0.717) is 11.1 Å². The van der Waals surface area contributed by atoms with Crippen LogP contribution < -0.4 is 0 Å². The van der Waals surface area contributed by atoms with Gasteiger partial charge in [0.2, 0.25) is 0 Å². The third kappa shape index (κ3) is 2.79. The van der Waals surface area contributed by atoms with E-state index >= 15 is 0 Å². The van der Waals surface area contributed by atoms with E-state index in [9.17, 15) is 14.3 Å². The lowest BCUT2D eigenvalue weighted by atomic mass is 10.1. The molecule has 1 N–H and O–H groups in total. The molecule has 0 bridgehead atoms. The lowest BCUT2D eigenvalue weighted by Gasteiger charge is -2.26. The zero-order valence-corrected chi connectivity index (χ0v) is 11.4. The molecule has 1 unspecified atom stereocenters. The van der Waals surface area contributed by atoms with Gasteiger partial charge in [-0.25, -0.2) is 4.39 Å². The van der Waals surface area contributed by atoms with Gasteiger partial charge in [-0.2, -0.15) is 0 Å². The Hall–Kier alpha value is -2.36. The van der Waals surface area contributed by atoms with E-state index in [1.165, 1.54) is 29.2 Å². The number of phenolic OH excluding ortho intramolecular Hbond substituents is 1. The van der Waals surface area contributed by atoms with Crippen molar-refractivity contribution in [3.05, 3.63) is 65.5 Å². The lowest BCUT2D eigenvalue weighted by molar-refractivity contribution is 0.0741. The summed E-state index contributed by atoms with van der Waals surface area (Å²) >= 11 is 0. The fraction of sp³-hybridized carbons (Fsp3) is 0.188. The molecule has 0 aliphatic carbocycles. The average molecular weight is 273 g/mol. The molecular weight excluding hydrogens is 257 g/mol. The van der Waals surface area contributed by atoms with Crippen LogP contribution in [-0.2, 0) is 0 Å². The van der Waals surface area contributed by atoms with Crippen molar-refractivity contribution < 1.29 is 14.3 Å². The minimum atomic E-state index is -0.377. The monoisotopic (exact) mass is 273 g/mol. The van der Waals surface area contributed by atoms with E-state index in [2.05, 4.69) is 0 Å². The predicted octanol–water partition coefficient (Wildman–Crippen LogP) is 3.36. The van der Waals surface area contributed by atoms with Crippen LogP contribution in [0.4, 0.5) is 4.39 Å². The van der Waals surface area contributed by atoms with Crippen molar-refractivity contribution in [1.82, 2.24) is 4.90 Å². The standard InChI is InChI=1S/C16H16FNO2/c1-11(14-5-3-4-6-15(14)19)18(2)16(20)12-7-9-13(17)10-8-12/h3-11,19H,1-2H3. The first kappa shape index (κ1) is 14.1. The smallest absolute Gasteiger partial charge is 0.254 e. The Kier molecular flexibility index (Phi) is 4.03. The number of amides is 1. The molecule has 0 spiro atoms. The van der Waals surface area contributed by atoms with Gasteiger partial charge >= 0.3 is 0 Å². The number of phenols is 1. The van der Waals surface area contributed by atoms with Gasteiger partial charge in [-0.3, -0.25) is 4.79 Å². The molecular formula is C16H16FNO2. The molecule has 0 aliphatic heterocycles. The fourth-order valence-corrected chi connectivity index (χ4v) is 2.02. The molecule has 0 aromatic heterocycles. The van der Waals surface area contributed by atoms with Crippen molar-refractivity contribution in [2.75, 3.05) is 7.05 Å². The van der Waals surface area contributed by atoms with Crippen molar-refractivity contribution in [2.24, 2.45) is 0 Å². The maximum atomic E-state index is 12.9. The molecule has 0 radical (unpaired) electrons. The molecule has 1 amide bonds. The molecule has 0 saturated carbocycles. The number of halogens is 1. The zero-order chi connectivity index (χ0) is 14.7. The molecule has 2 rings (SSSR count). The van der Waals surface area contributed by atoms with E-state index in [1.807, 2.05) is 13.0 Å². The second-order valence-corrected chi connectivity index (χ2v) is 4.66. The highest BCUT2D eigenvalue weighted by atomic mass is 19.1. The summed E-state index contributed by atoms with van der Waals surface area (Å²) in [5.41, 5.74) is 1.08. The van der Waals surface area contributed by atoms with Gasteiger partial charge in [0.25, 0.3) is 5.91 Å². The average Bonchev–Trinajstić information content (AvgIpc) is 2.46. The highest BCUT2D eigenvalue weighted by Crippen LogP contribution is 2.28. The van der Waals surface area contributed by atoms with Gasteiger partial charge in [-0.1, -0.05) is 18.2 Å². The van der Waals surface area contributed by atoms with Crippen molar-refractivity contribution in [2.45, 2.75) is 13.0 Å². The minimum Gasteiger partial charge on any atom is -0.508 e. The van der Waals surface area contributed by atoms with Gasteiger partial charge in [-0.15, -0.1) is 0 Å². The quantitative estimate of drug-likeness (QED) is 0.931. The Morgan fingerprint density at radius 3 is 2.35 bits per heavy atom. The Morgan fingerprint density at radius 2 is 1.75 bits per heavy atom. The normalized spacial score (nSPS) is 11.9. The summed E-state index contributed by atoms with van der Waals surface area (Å²) in [5.74, 6) is -0.447. The predicted molar refractivity (Wildman–Crippen MR) is 75.0 cm³/mol. The Labute approximate surface area is 117 Å². The third-order valence-corrected chi connectivity index (χ3v) is 3.38. The van der Waals surface area contributed by atoms with E-state index in [0.717, 1.165) is 0 Å². The summed E-state index contributed by atoms with van der Waals surface area (Å²) in [6.45, 7) is 1.83. The summed E-state index contributed by atoms with van der Waals surface area (Å²) < 4.78 is 12.9. The van der Waals surface area contributed by atoms with Gasteiger partial charge in [-0.05, 0) is 37.3 Å². The fourth-order valence-electron chi connectivity index (χ4n) is 2.02. The third-order valence-electron chi connectivity index (χ3n) is 3.38. The van der Waals surface area contributed by atoms with E-state index in [4.69, 9.17) is 0 Å². The molecule has 20 heavy (non-hydrogen) atoms. The van der Waals surface area contributed by atoms with Crippen molar-refractivity contribution in [1.29, 1.82) is 0 Å². The number of para-hydroxylation sites is 1. The Balaban J connectivity index is 2.22. The number of hydrogen-bond donors (Lipinski definition) is 1. The number of carbonyl (C=O) groups is 1. The van der Waals surface area contributed by atoms with Gasteiger partial charge in [0.15, 0.2) is 0 Å². The van der Waals surface area contributed by atoms with Crippen LogP contribution in [0.5, 0.6) is 5.75 Å². The first-order valence-electron chi connectivity index (χ1n) is 6.31. The molecule has 104 valence electrons. The summed E-state index contributed by atoms with van der Waals surface area (Å²) in [4.78, 5) is 13.8. The van der Waals surface area contributed by atoms with Crippen LogP contribution in [0.15, 0.2) is 48.5 Å². The summed E-state index contributed by atoms with van der Waals surface area (Å²) in [5, 5.41) is 9.83. The number of benzene rings is 2. The van der Waals surface area contributed by atoms with Gasteiger partial charge < -0.3 is 10.0 Å². The molecule has 3 nitrogen and oxygen atoms in total.